The number of hydrogen-bond donors (Lipinski definition) is 3. The van der Waals surface area contributed by atoms with Crippen LogP contribution in [0.15, 0.2) is 0 Å². The molecule has 0 radical (unpaired) electrons. The van der Waals surface area contributed by atoms with Crippen molar-refractivity contribution >= 4 is 6.03 Å². The Balaban J connectivity index is 2.20. The number of carbonyl (C=O) groups is 1. The van der Waals surface area contributed by atoms with Gasteiger partial charge in [0.25, 0.3) is 0 Å². The third kappa shape index (κ3) is 5.69. The Morgan fingerprint density at radius 1 is 1.44 bits per heavy atom. The van der Waals surface area contributed by atoms with Crippen molar-refractivity contribution in [3.05, 3.63) is 0 Å². The van der Waals surface area contributed by atoms with Crippen LogP contribution in [0.25, 0.3) is 0 Å². The highest BCUT2D eigenvalue weighted by Crippen LogP contribution is 2.20. The Labute approximate surface area is 110 Å². The quantitative estimate of drug-likeness (QED) is 0.700. The molecule has 0 aromatic heterocycles. The Bertz CT molecular complexity index is 268. The Hall–Kier alpha value is -0.810. The maximum absolute atomic E-state index is 11.0. The zero-order chi connectivity index (χ0) is 13.8. The maximum atomic E-state index is 11.0. The van der Waals surface area contributed by atoms with Crippen molar-refractivity contribution in [2.75, 3.05) is 19.6 Å². The standard InChI is InChI=1S/C13H27N3O2/c1-13(2,3)8-11(17)9-15-10-4-6-16(7-5-10)12(14)18/h10-11,15,17H,4-9H2,1-3H3,(H2,14,18). The van der Waals surface area contributed by atoms with Crippen molar-refractivity contribution in [1.29, 1.82) is 0 Å². The van der Waals surface area contributed by atoms with Gasteiger partial charge in [-0.2, -0.15) is 0 Å². The monoisotopic (exact) mass is 257 g/mol. The van der Waals surface area contributed by atoms with E-state index in [1.165, 1.54) is 0 Å². The number of piperidine rings is 1. The predicted molar refractivity (Wildman–Crippen MR) is 72.3 cm³/mol. The number of nitrogens with two attached hydrogens (primary N) is 1. The Morgan fingerprint density at radius 3 is 2.44 bits per heavy atom. The van der Waals surface area contributed by atoms with Crippen LogP contribution >= 0.6 is 0 Å². The van der Waals surface area contributed by atoms with E-state index >= 15 is 0 Å². The van der Waals surface area contributed by atoms with Crippen LogP contribution in [0.4, 0.5) is 4.79 Å². The van der Waals surface area contributed by atoms with E-state index in [-0.39, 0.29) is 17.6 Å². The van der Waals surface area contributed by atoms with E-state index in [1.54, 1.807) is 4.90 Å². The van der Waals surface area contributed by atoms with Crippen molar-refractivity contribution in [3.8, 4) is 0 Å². The van der Waals surface area contributed by atoms with Crippen LogP contribution in [0.1, 0.15) is 40.0 Å². The number of carbonyl (C=O) groups excluding carboxylic acids is 1. The maximum Gasteiger partial charge on any atom is 0.314 e. The summed E-state index contributed by atoms with van der Waals surface area (Å²) in [5, 5.41) is 13.3. The molecule has 106 valence electrons. The molecule has 1 aliphatic heterocycles. The first-order valence-corrected chi connectivity index (χ1v) is 6.74. The lowest BCUT2D eigenvalue weighted by Gasteiger charge is -2.32. The van der Waals surface area contributed by atoms with Crippen LogP contribution in [-0.4, -0.2) is 47.8 Å². The molecule has 1 rings (SSSR count). The van der Waals surface area contributed by atoms with Gasteiger partial charge in [-0.1, -0.05) is 20.8 Å². The summed E-state index contributed by atoms with van der Waals surface area (Å²) in [6.07, 6.45) is 2.30. The second kappa shape index (κ2) is 6.38. The van der Waals surface area contributed by atoms with Gasteiger partial charge in [0.1, 0.15) is 0 Å². The van der Waals surface area contributed by atoms with Gasteiger partial charge in [-0.25, -0.2) is 4.79 Å². The molecule has 5 nitrogen and oxygen atoms in total. The van der Waals surface area contributed by atoms with Gasteiger partial charge in [-0.3, -0.25) is 0 Å². The number of nitrogens with one attached hydrogen (secondary N) is 1. The lowest BCUT2D eigenvalue weighted by Crippen LogP contribution is -2.48. The molecule has 1 atom stereocenters. The number of urea groups is 1. The zero-order valence-electron chi connectivity index (χ0n) is 11.8. The fourth-order valence-electron chi connectivity index (χ4n) is 2.39. The number of likely N-dealkylation sites (tertiary alicyclic amines) is 1. The van der Waals surface area contributed by atoms with Gasteiger partial charge in [0, 0.05) is 25.7 Å². The molecular formula is C13H27N3O2. The van der Waals surface area contributed by atoms with Crippen LogP contribution in [0.3, 0.4) is 0 Å². The minimum absolute atomic E-state index is 0.149. The number of amides is 2. The van der Waals surface area contributed by atoms with Gasteiger partial charge >= 0.3 is 6.03 Å². The summed E-state index contributed by atoms with van der Waals surface area (Å²) in [5.41, 5.74) is 5.38. The SMILES string of the molecule is CC(C)(C)CC(O)CNC1CCN(C(N)=O)CC1. The van der Waals surface area contributed by atoms with E-state index in [9.17, 15) is 9.90 Å². The molecule has 0 aliphatic carbocycles. The van der Waals surface area contributed by atoms with Crippen LogP contribution in [-0.2, 0) is 0 Å². The molecular weight excluding hydrogens is 230 g/mol. The molecule has 0 aromatic rings. The first-order chi connectivity index (χ1) is 8.28. The highest BCUT2D eigenvalue weighted by Gasteiger charge is 2.22. The van der Waals surface area contributed by atoms with Crippen LogP contribution in [0.5, 0.6) is 0 Å². The van der Waals surface area contributed by atoms with Gasteiger partial charge in [-0.15, -0.1) is 0 Å². The summed E-state index contributed by atoms with van der Waals surface area (Å²) in [6, 6.07) is 0.0523. The molecule has 0 saturated carbocycles. The molecule has 1 fully saturated rings. The van der Waals surface area contributed by atoms with Crippen molar-refractivity contribution in [1.82, 2.24) is 10.2 Å². The zero-order valence-corrected chi connectivity index (χ0v) is 11.8. The summed E-state index contributed by atoms with van der Waals surface area (Å²) in [5.74, 6) is 0. The van der Waals surface area contributed by atoms with E-state index in [4.69, 9.17) is 5.73 Å². The van der Waals surface area contributed by atoms with Crippen molar-refractivity contribution in [2.45, 2.75) is 52.2 Å². The third-order valence-corrected chi connectivity index (χ3v) is 3.30. The average molecular weight is 257 g/mol. The van der Waals surface area contributed by atoms with Crippen LogP contribution < -0.4 is 11.1 Å². The molecule has 0 aromatic carbocycles. The highest BCUT2D eigenvalue weighted by molar-refractivity contribution is 5.72. The van der Waals surface area contributed by atoms with Crippen molar-refractivity contribution in [3.63, 3.8) is 0 Å². The van der Waals surface area contributed by atoms with E-state index in [1.807, 2.05) is 0 Å². The molecule has 5 heteroatoms. The number of aliphatic hydroxyl groups excluding tert-OH is 1. The van der Waals surface area contributed by atoms with Crippen LogP contribution in [0, 0.1) is 5.41 Å². The first kappa shape index (κ1) is 15.2. The molecule has 1 aliphatic rings. The Morgan fingerprint density at radius 2 is 2.00 bits per heavy atom. The summed E-state index contributed by atoms with van der Waals surface area (Å²) in [7, 11) is 0. The lowest BCUT2D eigenvalue weighted by molar-refractivity contribution is 0.111. The van der Waals surface area contributed by atoms with Crippen LogP contribution in [0.2, 0.25) is 0 Å². The smallest absolute Gasteiger partial charge is 0.314 e. The molecule has 4 N–H and O–H groups in total. The van der Waals surface area contributed by atoms with Gasteiger partial charge in [-0.05, 0) is 24.7 Å². The van der Waals surface area contributed by atoms with Crippen molar-refractivity contribution < 1.29 is 9.90 Å². The van der Waals surface area contributed by atoms with E-state index in [0.29, 0.717) is 25.7 Å². The average Bonchev–Trinajstić information content (AvgIpc) is 2.24. The fraction of sp³-hybridized carbons (Fsp3) is 0.923. The molecule has 1 saturated heterocycles. The summed E-state index contributed by atoms with van der Waals surface area (Å²) < 4.78 is 0. The largest absolute Gasteiger partial charge is 0.392 e. The number of hydrogen-bond acceptors (Lipinski definition) is 3. The van der Waals surface area contributed by atoms with Gasteiger partial charge in [0.05, 0.1) is 6.10 Å². The van der Waals surface area contributed by atoms with Crippen molar-refractivity contribution in [2.24, 2.45) is 11.1 Å². The molecule has 1 heterocycles. The number of aliphatic hydroxyl groups is 1. The minimum atomic E-state index is -0.332. The Kier molecular flexibility index (Phi) is 5.41. The second-order valence-corrected chi connectivity index (χ2v) is 6.43. The molecule has 18 heavy (non-hydrogen) atoms. The topological polar surface area (TPSA) is 78.6 Å². The summed E-state index contributed by atoms with van der Waals surface area (Å²) in [6.45, 7) is 8.42. The second-order valence-electron chi connectivity index (χ2n) is 6.43. The number of primary amides is 1. The lowest BCUT2D eigenvalue weighted by atomic mass is 9.89. The molecule has 1 unspecified atom stereocenters. The number of rotatable bonds is 4. The highest BCUT2D eigenvalue weighted by atomic mass is 16.3. The fourth-order valence-corrected chi connectivity index (χ4v) is 2.39. The molecule has 0 bridgehead atoms. The predicted octanol–water partition coefficient (Wildman–Crippen LogP) is 0.916. The first-order valence-electron chi connectivity index (χ1n) is 6.74. The third-order valence-electron chi connectivity index (χ3n) is 3.30. The van der Waals surface area contributed by atoms with E-state index in [2.05, 4.69) is 26.1 Å². The molecule has 2 amide bonds. The number of nitrogens with zero attached hydrogens (tertiary/aromatic N) is 1. The normalized spacial score (nSPS) is 19.9. The summed E-state index contributed by atoms with van der Waals surface area (Å²) >= 11 is 0. The van der Waals surface area contributed by atoms with Gasteiger partial charge in [0.2, 0.25) is 0 Å². The van der Waals surface area contributed by atoms with E-state index < -0.39 is 0 Å². The van der Waals surface area contributed by atoms with Gasteiger partial charge in [0.15, 0.2) is 0 Å². The minimum Gasteiger partial charge on any atom is -0.392 e. The van der Waals surface area contributed by atoms with E-state index in [0.717, 1.165) is 19.3 Å². The summed E-state index contributed by atoms with van der Waals surface area (Å²) in [4.78, 5) is 12.6. The molecule has 0 spiro atoms. The van der Waals surface area contributed by atoms with Gasteiger partial charge < -0.3 is 21.1 Å².